The van der Waals surface area contributed by atoms with Crippen LogP contribution < -0.4 is 5.32 Å². The highest BCUT2D eigenvalue weighted by molar-refractivity contribution is 7.99. The molecule has 31 heavy (non-hydrogen) atoms. The van der Waals surface area contributed by atoms with Crippen molar-refractivity contribution in [3.8, 4) is 17.1 Å². The maximum atomic E-state index is 14.4. The van der Waals surface area contributed by atoms with Crippen molar-refractivity contribution in [2.45, 2.75) is 24.9 Å². The number of rotatable bonds is 7. The summed E-state index contributed by atoms with van der Waals surface area (Å²) >= 11 is 1.20. The number of hydrogen-bond donors (Lipinski definition) is 1. The third-order valence-corrected chi connectivity index (χ3v) is 5.39. The largest absolute Gasteiger partial charge is 0.359 e. The molecule has 0 aliphatic heterocycles. The first kappa shape index (κ1) is 20.8. The summed E-state index contributed by atoms with van der Waals surface area (Å²) in [5, 5.41) is 15.5. The van der Waals surface area contributed by atoms with Crippen molar-refractivity contribution in [2.24, 2.45) is 0 Å². The summed E-state index contributed by atoms with van der Waals surface area (Å²) in [4.78, 5) is 12.4. The van der Waals surface area contributed by atoms with Crippen LogP contribution in [-0.2, 0) is 4.79 Å². The van der Waals surface area contributed by atoms with Crippen LogP contribution in [0.15, 0.2) is 70.3 Å². The first-order valence-corrected chi connectivity index (χ1v) is 10.7. The highest BCUT2D eigenvalue weighted by atomic mass is 32.2. The lowest BCUT2D eigenvalue weighted by atomic mass is 10.2. The van der Waals surface area contributed by atoms with Crippen LogP contribution in [0.1, 0.15) is 25.5 Å². The van der Waals surface area contributed by atoms with E-state index in [2.05, 4.69) is 20.7 Å². The quantitative estimate of drug-likeness (QED) is 0.413. The van der Waals surface area contributed by atoms with E-state index in [9.17, 15) is 9.18 Å². The molecule has 2 aromatic carbocycles. The number of nitrogens with one attached hydrogen (secondary N) is 1. The minimum absolute atomic E-state index is 0.0755. The van der Waals surface area contributed by atoms with Crippen molar-refractivity contribution < 1.29 is 13.7 Å². The lowest BCUT2D eigenvalue weighted by Crippen LogP contribution is -2.14. The van der Waals surface area contributed by atoms with Crippen LogP contribution in [0.5, 0.6) is 0 Å². The molecule has 0 spiro atoms. The lowest BCUT2D eigenvalue weighted by Gasteiger charge is -2.10. The molecule has 0 radical (unpaired) electrons. The summed E-state index contributed by atoms with van der Waals surface area (Å²) in [6.07, 6.45) is 0. The van der Waals surface area contributed by atoms with Gasteiger partial charge in [0.2, 0.25) is 5.91 Å². The summed E-state index contributed by atoms with van der Waals surface area (Å²) in [5.41, 5.74) is 1.10. The molecule has 0 aliphatic carbocycles. The number of nitrogens with zero attached hydrogens (tertiary/aromatic N) is 4. The first-order valence-electron chi connectivity index (χ1n) is 9.68. The molecule has 0 atom stereocenters. The molecule has 0 fully saturated rings. The smallest absolute Gasteiger partial charge is 0.236 e. The molecule has 158 valence electrons. The summed E-state index contributed by atoms with van der Waals surface area (Å²) < 4.78 is 21.4. The summed E-state index contributed by atoms with van der Waals surface area (Å²) in [7, 11) is 0. The molecule has 0 unspecified atom stereocenters. The Balaban J connectivity index is 1.57. The van der Waals surface area contributed by atoms with Gasteiger partial charge in [0.25, 0.3) is 0 Å². The highest BCUT2D eigenvalue weighted by Gasteiger charge is 2.19. The fraction of sp³-hybridized carbons (Fsp3) is 0.182. The number of anilines is 1. The van der Waals surface area contributed by atoms with E-state index in [-0.39, 0.29) is 17.6 Å². The van der Waals surface area contributed by atoms with Crippen LogP contribution in [0, 0.1) is 5.82 Å². The van der Waals surface area contributed by atoms with Crippen LogP contribution >= 0.6 is 11.8 Å². The molecule has 2 aromatic heterocycles. The van der Waals surface area contributed by atoms with Gasteiger partial charge in [-0.15, -0.1) is 10.2 Å². The van der Waals surface area contributed by atoms with Gasteiger partial charge < -0.3 is 9.84 Å². The van der Waals surface area contributed by atoms with E-state index in [1.165, 1.54) is 17.8 Å². The zero-order chi connectivity index (χ0) is 21.8. The Labute approximate surface area is 182 Å². The van der Waals surface area contributed by atoms with Crippen LogP contribution in [0.4, 0.5) is 10.2 Å². The van der Waals surface area contributed by atoms with Crippen molar-refractivity contribution in [1.29, 1.82) is 0 Å². The zero-order valence-electron chi connectivity index (χ0n) is 16.9. The van der Waals surface area contributed by atoms with Gasteiger partial charge in [0.15, 0.2) is 16.8 Å². The molecular formula is C22H20FN5O2S. The van der Waals surface area contributed by atoms with Gasteiger partial charge in [0.05, 0.1) is 11.3 Å². The first-order chi connectivity index (χ1) is 15.0. The molecule has 0 saturated carbocycles. The predicted molar refractivity (Wildman–Crippen MR) is 117 cm³/mol. The normalized spacial score (nSPS) is 11.1. The van der Waals surface area contributed by atoms with E-state index in [4.69, 9.17) is 4.52 Å². The summed E-state index contributed by atoms with van der Waals surface area (Å²) in [6.45, 7) is 3.96. The number of para-hydroxylation sites is 1. The van der Waals surface area contributed by atoms with Crippen molar-refractivity contribution in [2.75, 3.05) is 11.1 Å². The monoisotopic (exact) mass is 437 g/mol. The number of amides is 1. The number of hydrogen-bond acceptors (Lipinski definition) is 6. The molecule has 1 N–H and O–H groups in total. The predicted octanol–water partition coefficient (Wildman–Crippen LogP) is 4.92. The van der Waals surface area contributed by atoms with E-state index in [0.29, 0.717) is 28.1 Å². The molecule has 0 bridgehead atoms. The number of carbonyl (C=O) groups is 1. The van der Waals surface area contributed by atoms with Gasteiger partial charge in [-0.3, -0.25) is 9.36 Å². The summed E-state index contributed by atoms with van der Waals surface area (Å²) in [6, 6.07) is 17.5. The van der Waals surface area contributed by atoms with E-state index < -0.39 is 5.82 Å². The second-order valence-corrected chi connectivity index (χ2v) is 8.01. The second-order valence-electron chi connectivity index (χ2n) is 7.06. The zero-order valence-corrected chi connectivity index (χ0v) is 17.8. The van der Waals surface area contributed by atoms with Crippen molar-refractivity contribution in [1.82, 2.24) is 19.9 Å². The fourth-order valence-electron chi connectivity index (χ4n) is 2.92. The maximum Gasteiger partial charge on any atom is 0.236 e. The van der Waals surface area contributed by atoms with Gasteiger partial charge >= 0.3 is 0 Å². The minimum Gasteiger partial charge on any atom is -0.359 e. The maximum absolute atomic E-state index is 14.4. The molecule has 4 rings (SSSR count). The van der Waals surface area contributed by atoms with Gasteiger partial charge in [0.1, 0.15) is 11.6 Å². The second kappa shape index (κ2) is 9.13. The van der Waals surface area contributed by atoms with Gasteiger partial charge in [0, 0.05) is 17.7 Å². The van der Waals surface area contributed by atoms with E-state index in [1.54, 1.807) is 28.8 Å². The van der Waals surface area contributed by atoms with E-state index >= 15 is 0 Å². The topological polar surface area (TPSA) is 85.8 Å². The Kier molecular flexibility index (Phi) is 6.13. The van der Waals surface area contributed by atoms with Gasteiger partial charge in [-0.2, -0.15) is 0 Å². The highest BCUT2D eigenvalue weighted by Crippen LogP contribution is 2.29. The molecule has 7 nitrogen and oxygen atoms in total. The fourth-order valence-corrected chi connectivity index (χ4v) is 3.67. The molecule has 1 amide bonds. The molecule has 0 saturated heterocycles. The van der Waals surface area contributed by atoms with Crippen molar-refractivity contribution >= 4 is 23.5 Å². The third-order valence-electron chi connectivity index (χ3n) is 4.46. The van der Waals surface area contributed by atoms with E-state index in [1.807, 2.05) is 44.2 Å². The third kappa shape index (κ3) is 4.66. The lowest BCUT2D eigenvalue weighted by molar-refractivity contribution is -0.113. The van der Waals surface area contributed by atoms with Gasteiger partial charge in [-0.25, -0.2) is 4.39 Å². The minimum atomic E-state index is -0.395. The molecule has 4 aromatic rings. The average molecular weight is 438 g/mol. The standard InChI is InChI=1S/C22H20FN5O2S/c1-14(2)18-12-19(27-30-18)24-20(29)13-31-22-26-25-21(16-10-6-7-11-17(16)23)28(22)15-8-4-3-5-9-15/h3-12,14H,13H2,1-2H3,(H,24,27,29). The number of halogens is 1. The molecule has 0 aliphatic rings. The average Bonchev–Trinajstić information content (AvgIpc) is 3.40. The molecule has 9 heteroatoms. The Morgan fingerprint density at radius 2 is 1.87 bits per heavy atom. The van der Waals surface area contributed by atoms with Crippen LogP contribution in [0.25, 0.3) is 17.1 Å². The van der Waals surface area contributed by atoms with Gasteiger partial charge in [-0.05, 0) is 24.3 Å². The van der Waals surface area contributed by atoms with Crippen LogP contribution in [0.3, 0.4) is 0 Å². The Morgan fingerprint density at radius 3 is 2.58 bits per heavy atom. The van der Waals surface area contributed by atoms with Crippen LogP contribution in [-0.4, -0.2) is 31.6 Å². The summed E-state index contributed by atoms with van der Waals surface area (Å²) in [5.74, 6) is 1.02. The van der Waals surface area contributed by atoms with E-state index in [0.717, 1.165) is 5.69 Å². The Hall–Kier alpha value is -3.46. The molecule has 2 heterocycles. The number of benzene rings is 2. The Bertz CT molecular complexity index is 1190. The van der Waals surface area contributed by atoms with Crippen molar-refractivity contribution in [3.63, 3.8) is 0 Å². The SMILES string of the molecule is CC(C)c1cc(NC(=O)CSc2nnc(-c3ccccc3F)n2-c2ccccc2)no1. The number of thioether (sulfide) groups is 1. The van der Waals surface area contributed by atoms with Gasteiger partial charge in [-0.1, -0.05) is 61.1 Å². The molecular weight excluding hydrogens is 417 g/mol. The Morgan fingerprint density at radius 1 is 1.13 bits per heavy atom. The number of aromatic nitrogens is 4. The number of carbonyl (C=O) groups excluding carboxylic acids is 1. The van der Waals surface area contributed by atoms with Crippen molar-refractivity contribution in [3.05, 3.63) is 72.2 Å². The van der Waals surface area contributed by atoms with Crippen LogP contribution in [0.2, 0.25) is 0 Å².